The SMILES string of the molecule is CC(/C=C/C#C[Si](C)(C)C(C)(C)C)=C\C(=O)OCC(F)(F)F. The number of rotatable bonds is 3. The normalized spacial score (nSPS) is 13.8. The average Bonchev–Trinajstić information content (AvgIpc) is 2.30. The van der Waals surface area contributed by atoms with Gasteiger partial charge in [-0.15, -0.1) is 5.54 Å². The molecule has 0 atom stereocenters. The maximum Gasteiger partial charge on any atom is 0.422 e. The van der Waals surface area contributed by atoms with Crippen molar-refractivity contribution >= 4 is 14.0 Å². The molecule has 0 aromatic carbocycles. The molecule has 0 saturated heterocycles. The Morgan fingerprint density at radius 2 is 1.77 bits per heavy atom. The molecule has 6 heteroatoms. The molecule has 0 radical (unpaired) electrons. The summed E-state index contributed by atoms with van der Waals surface area (Å²) in [7, 11) is -1.69. The molecule has 0 fully saturated rings. The Morgan fingerprint density at radius 3 is 2.23 bits per heavy atom. The van der Waals surface area contributed by atoms with E-state index in [0.29, 0.717) is 5.57 Å². The molecule has 0 aliphatic carbocycles. The highest BCUT2D eigenvalue weighted by Gasteiger charge is 2.33. The van der Waals surface area contributed by atoms with Gasteiger partial charge in [-0.05, 0) is 23.6 Å². The number of carbonyl (C=O) groups is 1. The van der Waals surface area contributed by atoms with Crippen LogP contribution in [0.25, 0.3) is 0 Å². The number of hydrogen-bond donors (Lipinski definition) is 0. The first-order valence-corrected chi connectivity index (χ1v) is 9.86. The molecular formula is C16H23F3O2Si. The van der Waals surface area contributed by atoms with Gasteiger partial charge < -0.3 is 4.74 Å². The number of halogens is 3. The zero-order valence-corrected chi connectivity index (χ0v) is 14.9. The molecule has 0 aromatic rings. The lowest BCUT2D eigenvalue weighted by atomic mass is 10.2. The third kappa shape index (κ3) is 8.73. The maximum absolute atomic E-state index is 11.9. The van der Waals surface area contributed by atoms with Crippen molar-refractivity contribution in [3.63, 3.8) is 0 Å². The highest BCUT2D eigenvalue weighted by molar-refractivity contribution is 6.87. The number of alkyl halides is 3. The smallest absolute Gasteiger partial charge is 0.422 e. The molecule has 0 aliphatic rings. The molecule has 0 bridgehead atoms. The third-order valence-corrected chi connectivity index (χ3v) is 7.93. The molecule has 0 spiro atoms. The molecule has 0 saturated carbocycles. The van der Waals surface area contributed by atoms with E-state index in [1.54, 1.807) is 19.1 Å². The predicted octanol–water partition coefficient (Wildman–Crippen LogP) is 4.65. The third-order valence-electron chi connectivity index (χ3n) is 3.41. The van der Waals surface area contributed by atoms with Crippen LogP contribution in [0.3, 0.4) is 0 Å². The zero-order valence-electron chi connectivity index (χ0n) is 13.9. The fourth-order valence-corrected chi connectivity index (χ4v) is 1.83. The van der Waals surface area contributed by atoms with Gasteiger partial charge >= 0.3 is 12.1 Å². The summed E-state index contributed by atoms with van der Waals surface area (Å²) in [6.45, 7) is 10.8. The van der Waals surface area contributed by atoms with Crippen LogP contribution in [-0.4, -0.2) is 26.8 Å². The summed E-state index contributed by atoms with van der Waals surface area (Å²) in [5.41, 5.74) is 3.75. The number of esters is 1. The lowest BCUT2D eigenvalue weighted by Gasteiger charge is -2.31. The van der Waals surface area contributed by atoms with Crippen LogP contribution in [-0.2, 0) is 9.53 Å². The largest absolute Gasteiger partial charge is 0.453 e. The van der Waals surface area contributed by atoms with Crippen molar-refractivity contribution in [3.8, 4) is 11.5 Å². The van der Waals surface area contributed by atoms with Gasteiger partial charge in [0.25, 0.3) is 0 Å². The van der Waals surface area contributed by atoms with Crippen LogP contribution < -0.4 is 0 Å². The highest BCUT2D eigenvalue weighted by Crippen LogP contribution is 2.35. The molecule has 0 aliphatic heterocycles. The van der Waals surface area contributed by atoms with Gasteiger partial charge in [0.05, 0.1) is 0 Å². The standard InChI is InChI=1S/C16H23F3O2Si/c1-13(11-14(20)21-12-16(17,18)19)9-7-8-10-22(5,6)15(2,3)4/h7,9,11H,12H2,1-6H3/b9-7+,13-11+. The summed E-state index contributed by atoms with van der Waals surface area (Å²) in [5, 5.41) is 0.153. The van der Waals surface area contributed by atoms with Crippen molar-refractivity contribution in [1.82, 2.24) is 0 Å². The minimum absolute atomic E-state index is 0.153. The van der Waals surface area contributed by atoms with E-state index in [0.717, 1.165) is 6.08 Å². The van der Waals surface area contributed by atoms with E-state index in [4.69, 9.17) is 0 Å². The van der Waals surface area contributed by atoms with Gasteiger partial charge in [0.1, 0.15) is 8.07 Å². The first kappa shape index (κ1) is 20.5. The van der Waals surface area contributed by atoms with E-state index in [1.807, 2.05) is 0 Å². The van der Waals surface area contributed by atoms with Crippen molar-refractivity contribution in [2.75, 3.05) is 6.61 Å². The fourth-order valence-electron chi connectivity index (χ4n) is 1.01. The Morgan fingerprint density at radius 1 is 1.23 bits per heavy atom. The second kappa shape index (κ2) is 7.68. The van der Waals surface area contributed by atoms with E-state index in [-0.39, 0.29) is 5.04 Å². The molecule has 0 N–H and O–H groups in total. The lowest BCUT2D eigenvalue weighted by molar-refractivity contribution is -0.182. The van der Waals surface area contributed by atoms with Crippen LogP contribution in [0.15, 0.2) is 23.8 Å². The van der Waals surface area contributed by atoms with Crippen LogP contribution in [0.4, 0.5) is 13.2 Å². The van der Waals surface area contributed by atoms with E-state index in [9.17, 15) is 18.0 Å². The molecule has 2 nitrogen and oxygen atoms in total. The fraction of sp³-hybridized carbons (Fsp3) is 0.562. The van der Waals surface area contributed by atoms with Crippen molar-refractivity contribution in [3.05, 3.63) is 23.8 Å². The molecule has 124 valence electrons. The molecule has 0 aromatic heterocycles. The molecule has 22 heavy (non-hydrogen) atoms. The summed E-state index contributed by atoms with van der Waals surface area (Å²) in [4.78, 5) is 11.2. The van der Waals surface area contributed by atoms with E-state index >= 15 is 0 Å². The maximum atomic E-state index is 11.9. The van der Waals surface area contributed by atoms with Crippen LogP contribution >= 0.6 is 0 Å². The predicted molar refractivity (Wildman–Crippen MR) is 84.9 cm³/mol. The molecular weight excluding hydrogens is 309 g/mol. The minimum atomic E-state index is -4.51. The van der Waals surface area contributed by atoms with Gasteiger partial charge in [0.2, 0.25) is 0 Å². The van der Waals surface area contributed by atoms with Gasteiger partial charge in [0, 0.05) is 6.08 Å². The Kier molecular flexibility index (Phi) is 7.16. The van der Waals surface area contributed by atoms with Crippen molar-refractivity contribution in [1.29, 1.82) is 0 Å². The quantitative estimate of drug-likeness (QED) is 0.247. The van der Waals surface area contributed by atoms with Crippen LogP contribution in [0.2, 0.25) is 18.1 Å². The van der Waals surface area contributed by atoms with Gasteiger partial charge in [-0.1, -0.05) is 45.9 Å². The van der Waals surface area contributed by atoms with Gasteiger partial charge in [-0.2, -0.15) is 13.2 Å². The number of carbonyl (C=O) groups excluding carboxylic acids is 1. The summed E-state index contributed by atoms with van der Waals surface area (Å²) >= 11 is 0. The minimum Gasteiger partial charge on any atom is -0.453 e. The Labute approximate surface area is 131 Å². The summed E-state index contributed by atoms with van der Waals surface area (Å²) in [6, 6.07) is 0. The molecule has 0 rings (SSSR count). The molecule has 0 unspecified atom stereocenters. The Balaban J connectivity index is 4.65. The monoisotopic (exact) mass is 332 g/mol. The van der Waals surface area contributed by atoms with Crippen LogP contribution in [0.5, 0.6) is 0 Å². The van der Waals surface area contributed by atoms with Crippen molar-refractivity contribution in [2.24, 2.45) is 0 Å². The van der Waals surface area contributed by atoms with Crippen molar-refractivity contribution in [2.45, 2.75) is 52.0 Å². The van der Waals surface area contributed by atoms with Gasteiger partial charge in [0.15, 0.2) is 6.61 Å². The molecule has 0 heterocycles. The highest BCUT2D eigenvalue weighted by atomic mass is 28.3. The zero-order chi connectivity index (χ0) is 17.6. The number of ether oxygens (including phenoxy) is 1. The molecule has 0 amide bonds. The Bertz CT molecular complexity index is 512. The second-order valence-electron chi connectivity index (χ2n) is 6.59. The topological polar surface area (TPSA) is 26.3 Å². The Hall–Kier alpha value is -1.48. The first-order chi connectivity index (χ1) is 9.74. The summed E-state index contributed by atoms with van der Waals surface area (Å²) < 4.78 is 39.7. The van der Waals surface area contributed by atoms with Gasteiger partial charge in [-0.25, -0.2) is 4.79 Å². The first-order valence-electron chi connectivity index (χ1n) is 6.86. The van der Waals surface area contributed by atoms with Crippen LogP contribution in [0.1, 0.15) is 27.7 Å². The average molecular weight is 332 g/mol. The number of allylic oxidation sites excluding steroid dienone is 3. The number of hydrogen-bond acceptors (Lipinski definition) is 2. The van der Waals surface area contributed by atoms with E-state index in [2.05, 4.69) is 50.1 Å². The van der Waals surface area contributed by atoms with Crippen LogP contribution in [0, 0.1) is 11.5 Å². The van der Waals surface area contributed by atoms with Gasteiger partial charge in [-0.3, -0.25) is 0 Å². The second-order valence-corrected chi connectivity index (χ2v) is 11.6. The lowest BCUT2D eigenvalue weighted by Crippen LogP contribution is -2.35. The van der Waals surface area contributed by atoms with E-state index in [1.165, 1.54) is 0 Å². The summed E-state index contributed by atoms with van der Waals surface area (Å²) in [6.07, 6.45) is -0.323. The van der Waals surface area contributed by atoms with Crippen molar-refractivity contribution < 1.29 is 22.7 Å². The summed E-state index contributed by atoms with van der Waals surface area (Å²) in [5.74, 6) is 1.93. The van der Waals surface area contributed by atoms with E-state index < -0.39 is 26.8 Å².